The summed E-state index contributed by atoms with van der Waals surface area (Å²) in [4.78, 5) is 2.16. The lowest BCUT2D eigenvalue weighted by Crippen LogP contribution is -2.15. The molecule has 0 aliphatic rings. The number of hydrogen-bond donors (Lipinski definition) is 0. The fourth-order valence-corrected chi connectivity index (χ4v) is 1.89. The molecule has 4 nitrogen and oxygen atoms in total. The molecule has 0 saturated heterocycles. The monoisotopic (exact) mass is 259 g/mol. The van der Waals surface area contributed by atoms with Crippen molar-refractivity contribution in [1.29, 1.82) is 0 Å². The van der Waals surface area contributed by atoms with E-state index in [4.69, 9.17) is 4.74 Å². The molecular weight excluding hydrogens is 238 g/mol. The Morgan fingerprint density at radius 1 is 1.26 bits per heavy atom. The molecule has 0 unspecified atom stereocenters. The van der Waals surface area contributed by atoms with Gasteiger partial charge in [-0.1, -0.05) is 12.1 Å². The number of aromatic nitrogens is 2. The molecule has 0 aliphatic heterocycles. The average molecular weight is 259 g/mol. The first-order valence-electron chi connectivity index (χ1n) is 6.58. The second kappa shape index (κ2) is 6.95. The Balaban J connectivity index is 1.85. The van der Waals surface area contributed by atoms with Gasteiger partial charge in [0.1, 0.15) is 5.75 Å². The van der Waals surface area contributed by atoms with E-state index >= 15 is 0 Å². The molecule has 0 amide bonds. The highest BCUT2D eigenvalue weighted by Crippen LogP contribution is 2.14. The minimum Gasteiger partial charge on any atom is -0.494 e. The zero-order valence-electron chi connectivity index (χ0n) is 11.6. The summed E-state index contributed by atoms with van der Waals surface area (Å²) in [6, 6.07) is 10.1. The number of benzene rings is 1. The standard InChI is InChI=1S/C15H21N3O/c1-17(2)9-5-11-19-15-7-3-6-14(12-15)13-18-10-4-8-16-18/h3-4,6-8,10,12H,5,9,11,13H2,1-2H3. The Morgan fingerprint density at radius 2 is 2.16 bits per heavy atom. The van der Waals surface area contributed by atoms with Crippen LogP contribution in [0.5, 0.6) is 5.75 Å². The summed E-state index contributed by atoms with van der Waals surface area (Å²) in [6.45, 7) is 2.58. The van der Waals surface area contributed by atoms with Crippen molar-refractivity contribution in [2.75, 3.05) is 27.2 Å². The molecule has 19 heavy (non-hydrogen) atoms. The lowest BCUT2D eigenvalue weighted by molar-refractivity contribution is 0.281. The van der Waals surface area contributed by atoms with Gasteiger partial charge in [-0.3, -0.25) is 4.68 Å². The molecule has 0 aliphatic carbocycles. The summed E-state index contributed by atoms with van der Waals surface area (Å²) in [5.41, 5.74) is 1.20. The Kier molecular flexibility index (Phi) is 4.98. The zero-order chi connectivity index (χ0) is 13.5. The van der Waals surface area contributed by atoms with Crippen LogP contribution in [0.2, 0.25) is 0 Å². The lowest BCUT2D eigenvalue weighted by atomic mass is 10.2. The van der Waals surface area contributed by atoms with Crippen LogP contribution in [0.4, 0.5) is 0 Å². The van der Waals surface area contributed by atoms with E-state index in [1.807, 2.05) is 29.1 Å². The van der Waals surface area contributed by atoms with Crippen LogP contribution in [-0.4, -0.2) is 41.9 Å². The normalized spacial score (nSPS) is 10.9. The van der Waals surface area contributed by atoms with Crippen LogP contribution in [0.1, 0.15) is 12.0 Å². The van der Waals surface area contributed by atoms with Gasteiger partial charge in [0.2, 0.25) is 0 Å². The maximum absolute atomic E-state index is 5.76. The van der Waals surface area contributed by atoms with Crippen LogP contribution in [0, 0.1) is 0 Å². The van der Waals surface area contributed by atoms with E-state index in [9.17, 15) is 0 Å². The van der Waals surface area contributed by atoms with Crippen molar-refractivity contribution in [3.63, 3.8) is 0 Å². The second-order valence-corrected chi connectivity index (χ2v) is 4.86. The van der Waals surface area contributed by atoms with Gasteiger partial charge in [0.25, 0.3) is 0 Å². The van der Waals surface area contributed by atoms with Crippen molar-refractivity contribution < 1.29 is 4.74 Å². The quantitative estimate of drug-likeness (QED) is 0.715. The predicted octanol–water partition coefficient (Wildman–Crippen LogP) is 2.26. The van der Waals surface area contributed by atoms with Crippen molar-refractivity contribution >= 4 is 0 Å². The smallest absolute Gasteiger partial charge is 0.119 e. The molecule has 2 rings (SSSR count). The minimum atomic E-state index is 0.753. The molecule has 2 aromatic rings. The van der Waals surface area contributed by atoms with Gasteiger partial charge in [-0.2, -0.15) is 5.10 Å². The summed E-state index contributed by atoms with van der Waals surface area (Å²) in [5, 5.41) is 4.21. The van der Waals surface area contributed by atoms with E-state index in [-0.39, 0.29) is 0 Å². The van der Waals surface area contributed by atoms with Crippen molar-refractivity contribution in [3.05, 3.63) is 48.3 Å². The third-order valence-electron chi connectivity index (χ3n) is 2.82. The van der Waals surface area contributed by atoms with Crippen molar-refractivity contribution in [2.24, 2.45) is 0 Å². The molecule has 4 heteroatoms. The van der Waals surface area contributed by atoms with Gasteiger partial charge in [0, 0.05) is 18.9 Å². The highest BCUT2D eigenvalue weighted by molar-refractivity contribution is 5.28. The van der Waals surface area contributed by atoms with E-state index < -0.39 is 0 Å². The number of ether oxygens (including phenoxy) is 1. The highest BCUT2D eigenvalue weighted by atomic mass is 16.5. The molecule has 0 radical (unpaired) electrons. The molecule has 1 heterocycles. The van der Waals surface area contributed by atoms with Gasteiger partial charge >= 0.3 is 0 Å². The molecule has 0 bridgehead atoms. The SMILES string of the molecule is CN(C)CCCOc1cccc(Cn2cccn2)c1. The van der Waals surface area contributed by atoms with Crippen LogP contribution in [0.25, 0.3) is 0 Å². The maximum atomic E-state index is 5.76. The van der Waals surface area contributed by atoms with E-state index in [2.05, 4.69) is 36.2 Å². The maximum Gasteiger partial charge on any atom is 0.119 e. The lowest BCUT2D eigenvalue weighted by Gasteiger charge is -2.11. The first-order chi connectivity index (χ1) is 9.24. The number of rotatable bonds is 7. The Hall–Kier alpha value is -1.81. The Labute approximate surface area is 114 Å². The van der Waals surface area contributed by atoms with Crippen molar-refractivity contribution in [1.82, 2.24) is 14.7 Å². The van der Waals surface area contributed by atoms with Crippen LogP contribution in [-0.2, 0) is 6.54 Å². The molecular formula is C15H21N3O. The van der Waals surface area contributed by atoms with E-state index in [0.29, 0.717) is 0 Å². The summed E-state index contributed by atoms with van der Waals surface area (Å²) in [5.74, 6) is 0.934. The van der Waals surface area contributed by atoms with Crippen molar-refractivity contribution in [3.8, 4) is 5.75 Å². The highest BCUT2D eigenvalue weighted by Gasteiger charge is 1.99. The van der Waals surface area contributed by atoms with Gasteiger partial charge < -0.3 is 9.64 Å². The average Bonchev–Trinajstić information content (AvgIpc) is 2.88. The topological polar surface area (TPSA) is 30.3 Å². The molecule has 102 valence electrons. The van der Waals surface area contributed by atoms with Crippen LogP contribution in [0.3, 0.4) is 0 Å². The number of nitrogens with zero attached hydrogens (tertiary/aromatic N) is 3. The zero-order valence-corrected chi connectivity index (χ0v) is 11.6. The fourth-order valence-electron chi connectivity index (χ4n) is 1.89. The third kappa shape index (κ3) is 4.75. The van der Waals surface area contributed by atoms with E-state index in [1.54, 1.807) is 6.20 Å². The molecule has 1 aromatic heterocycles. The third-order valence-corrected chi connectivity index (χ3v) is 2.82. The summed E-state index contributed by atoms with van der Waals surface area (Å²) < 4.78 is 7.67. The number of hydrogen-bond acceptors (Lipinski definition) is 3. The summed E-state index contributed by atoms with van der Waals surface area (Å²) in [6.07, 6.45) is 4.79. The molecule has 0 N–H and O–H groups in total. The minimum absolute atomic E-state index is 0.753. The van der Waals surface area contributed by atoms with Crippen LogP contribution in [0.15, 0.2) is 42.7 Å². The van der Waals surface area contributed by atoms with E-state index in [1.165, 1.54) is 5.56 Å². The Bertz CT molecular complexity index is 480. The van der Waals surface area contributed by atoms with Gasteiger partial charge in [-0.15, -0.1) is 0 Å². The fraction of sp³-hybridized carbons (Fsp3) is 0.400. The molecule has 1 aromatic carbocycles. The second-order valence-electron chi connectivity index (χ2n) is 4.86. The first-order valence-corrected chi connectivity index (χ1v) is 6.58. The predicted molar refractivity (Wildman–Crippen MR) is 76.4 cm³/mol. The first kappa shape index (κ1) is 13.6. The Morgan fingerprint density at radius 3 is 2.89 bits per heavy atom. The van der Waals surface area contributed by atoms with Gasteiger partial charge in [-0.25, -0.2) is 0 Å². The van der Waals surface area contributed by atoms with E-state index in [0.717, 1.165) is 31.9 Å². The molecule has 0 spiro atoms. The van der Waals surface area contributed by atoms with Gasteiger partial charge in [0.15, 0.2) is 0 Å². The summed E-state index contributed by atoms with van der Waals surface area (Å²) in [7, 11) is 4.15. The van der Waals surface area contributed by atoms with Crippen molar-refractivity contribution in [2.45, 2.75) is 13.0 Å². The molecule has 0 saturated carbocycles. The van der Waals surface area contributed by atoms with Gasteiger partial charge in [-0.05, 0) is 44.3 Å². The molecule has 0 atom stereocenters. The van der Waals surface area contributed by atoms with Crippen LogP contribution < -0.4 is 4.74 Å². The largest absolute Gasteiger partial charge is 0.494 e. The van der Waals surface area contributed by atoms with Crippen LogP contribution >= 0.6 is 0 Å². The van der Waals surface area contributed by atoms with Gasteiger partial charge in [0.05, 0.1) is 13.2 Å². The summed E-state index contributed by atoms with van der Waals surface area (Å²) >= 11 is 0. The molecule has 0 fully saturated rings.